The third kappa shape index (κ3) is 15.6. The van der Waals surface area contributed by atoms with Gasteiger partial charge in [0.25, 0.3) is 0 Å². The summed E-state index contributed by atoms with van der Waals surface area (Å²) in [6, 6.07) is 0. The molecule has 0 aromatic carbocycles. The fourth-order valence-corrected chi connectivity index (χ4v) is 1.27. The molecule has 8 heteroatoms. The molecule has 0 saturated carbocycles. The topological polar surface area (TPSA) is 91.3 Å². The Kier molecular flexibility index (Phi) is 15.6. The minimum absolute atomic E-state index is 0. The smallest absolute Gasteiger partial charge is 0.306 e. The van der Waals surface area contributed by atoms with E-state index in [9.17, 15) is 9.59 Å². The van der Waals surface area contributed by atoms with Crippen LogP contribution < -0.4 is 0 Å². The van der Waals surface area contributed by atoms with Crippen molar-refractivity contribution in [3.05, 3.63) is 0 Å². The number of carboxylic acids is 1. The number of methoxy groups -OCH3 is 1. The van der Waals surface area contributed by atoms with E-state index in [1.165, 1.54) is 0 Å². The maximum absolute atomic E-state index is 11.3. The molecule has 0 amide bonds. The molecule has 0 aliphatic carbocycles. The van der Waals surface area contributed by atoms with Gasteiger partial charge in [0.15, 0.2) is 0 Å². The summed E-state index contributed by atoms with van der Waals surface area (Å²) in [7, 11) is 1.60. The minimum atomic E-state index is -1.02. The van der Waals surface area contributed by atoms with Crippen LogP contribution in [0.2, 0.25) is 0 Å². The summed E-state index contributed by atoms with van der Waals surface area (Å²) in [5, 5.41) is 8.44. The van der Waals surface area contributed by atoms with Crippen LogP contribution in [-0.4, -0.2) is 62.8 Å². The van der Waals surface area contributed by atoms with Gasteiger partial charge in [-0.25, -0.2) is 0 Å². The molecule has 0 bridgehead atoms. The van der Waals surface area contributed by atoms with Gasteiger partial charge in [-0.2, -0.15) is 0 Å². The van der Waals surface area contributed by atoms with Crippen molar-refractivity contribution in [2.45, 2.75) is 38.9 Å². The zero-order chi connectivity index (χ0) is 15.4. The van der Waals surface area contributed by atoms with E-state index in [0.717, 1.165) is 0 Å². The molecule has 0 saturated heterocycles. The number of carbonyl (C=O) groups is 2. The van der Waals surface area contributed by atoms with E-state index < -0.39 is 18.0 Å². The SMILES string of the molecule is COCCOCC(C)OCC(C)OC(=O)CCC(=O)O.[Zn]. The number of aliphatic carboxylic acids is 1. The summed E-state index contributed by atoms with van der Waals surface area (Å²) in [6.45, 7) is 5.26. The summed E-state index contributed by atoms with van der Waals surface area (Å²) in [6.07, 6.45) is -0.893. The van der Waals surface area contributed by atoms with Crippen LogP contribution in [0.25, 0.3) is 0 Å². The van der Waals surface area contributed by atoms with Crippen molar-refractivity contribution < 1.29 is 53.1 Å². The van der Waals surface area contributed by atoms with Crippen LogP contribution in [-0.2, 0) is 48.0 Å². The first-order valence-electron chi connectivity index (χ1n) is 6.55. The van der Waals surface area contributed by atoms with Crippen LogP contribution in [0.4, 0.5) is 0 Å². The average Bonchev–Trinajstić information content (AvgIpc) is 2.39. The number of ether oxygens (including phenoxy) is 4. The zero-order valence-corrected chi connectivity index (χ0v) is 16.0. The van der Waals surface area contributed by atoms with E-state index in [1.807, 2.05) is 6.92 Å². The molecule has 0 aromatic rings. The van der Waals surface area contributed by atoms with Gasteiger partial charge in [-0.3, -0.25) is 9.59 Å². The van der Waals surface area contributed by atoms with Crippen LogP contribution >= 0.6 is 0 Å². The van der Waals surface area contributed by atoms with E-state index in [0.29, 0.717) is 19.8 Å². The fraction of sp³-hybridized carbons (Fsp3) is 0.846. The minimum Gasteiger partial charge on any atom is -0.481 e. The fourth-order valence-electron chi connectivity index (χ4n) is 1.27. The molecule has 7 nitrogen and oxygen atoms in total. The third-order valence-corrected chi connectivity index (χ3v) is 2.28. The quantitative estimate of drug-likeness (QED) is 0.314. The molecule has 0 aliphatic heterocycles. The van der Waals surface area contributed by atoms with Crippen molar-refractivity contribution in [3.63, 3.8) is 0 Å². The Morgan fingerprint density at radius 1 is 1.05 bits per heavy atom. The van der Waals surface area contributed by atoms with Gasteiger partial charge < -0.3 is 24.1 Å². The first kappa shape index (κ1) is 22.7. The maximum atomic E-state index is 11.3. The van der Waals surface area contributed by atoms with Gasteiger partial charge in [-0.15, -0.1) is 0 Å². The van der Waals surface area contributed by atoms with E-state index in [2.05, 4.69) is 0 Å². The molecular weight excluding hydrogens is 334 g/mol. The van der Waals surface area contributed by atoms with Gasteiger partial charge in [0, 0.05) is 26.6 Å². The molecule has 2 unspecified atom stereocenters. The van der Waals surface area contributed by atoms with Crippen LogP contribution in [0.1, 0.15) is 26.7 Å². The molecule has 120 valence electrons. The number of esters is 1. The Bertz CT molecular complexity index is 286. The molecule has 1 N–H and O–H groups in total. The Labute approximate surface area is 138 Å². The second kappa shape index (κ2) is 14.4. The van der Waals surface area contributed by atoms with E-state index in [1.54, 1.807) is 14.0 Å². The first-order chi connectivity index (χ1) is 9.45. The van der Waals surface area contributed by atoms with Crippen molar-refractivity contribution in [3.8, 4) is 0 Å². The van der Waals surface area contributed by atoms with Gasteiger partial charge in [-0.05, 0) is 13.8 Å². The van der Waals surface area contributed by atoms with Crippen molar-refractivity contribution in [2.24, 2.45) is 0 Å². The molecule has 21 heavy (non-hydrogen) atoms. The Balaban J connectivity index is 0. The Morgan fingerprint density at radius 3 is 2.29 bits per heavy atom. The standard InChI is InChI=1S/C13H24O7.Zn/c1-10(8-18-7-6-17-3)19-9-11(2)20-13(16)5-4-12(14)15;/h10-11H,4-9H2,1-3H3,(H,14,15);. The maximum Gasteiger partial charge on any atom is 0.306 e. The van der Waals surface area contributed by atoms with Crippen LogP contribution in [0.15, 0.2) is 0 Å². The number of hydrogen-bond donors (Lipinski definition) is 1. The predicted octanol–water partition coefficient (Wildman–Crippen LogP) is 0.849. The van der Waals surface area contributed by atoms with Crippen LogP contribution in [0.3, 0.4) is 0 Å². The van der Waals surface area contributed by atoms with Gasteiger partial charge in [0.05, 0.1) is 45.4 Å². The largest absolute Gasteiger partial charge is 0.481 e. The molecule has 0 spiro atoms. The van der Waals surface area contributed by atoms with Gasteiger partial charge >= 0.3 is 11.9 Å². The number of carbonyl (C=O) groups excluding carboxylic acids is 1. The first-order valence-corrected chi connectivity index (χ1v) is 6.55. The molecule has 0 aromatic heterocycles. The van der Waals surface area contributed by atoms with E-state index in [-0.39, 0.29) is 45.0 Å². The van der Waals surface area contributed by atoms with Gasteiger partial charge in [-0.1, -0.05) is 0 Å². The molecule has 0 radical (unpaired) electrons. The summed E-state index contributed by atoms with van der Waals surface area (Å²) in [5.74, 6) is -1.56. The normalized spacial score (nSPS) is 13.1. The summed E-state index contributed by atoms with van der Waals surface area (Å²) >= 11 is 0. The van der Waals surface area contributed by atoms with Gasteiger partial charge in [0.1, 0.15) is 6.10 Å². The summed E-state index contributed by atoms with van der Waals surface area (Å²) in [4.78, 5) is 21.6. The second-order valence-corrected chi connectivity index (χ2v) is 4.41. The summed E-state index contributed by atoms with van der Waals surface area (Å²) in [5.41, 5.74) is 0. The van der Waals surface area contributed by atoms with Crippen molar-refractivity contribution in [1.82, 2.24) is 0 Å². The van der Waals surface area contributed by atoms with Crippen molar-refractivity contribution in [1.29, 1.82) is 0 Å². The van der Waals surface area contributed by atoms with Crippen LogP contribution in [0, 0.1) is 0 Å². The number of hydrogen-bond acceptors (Lipinski definition) is 6. The Hall–Kier alpha value is -0.557. The molecule has 0 heterocycles. The van der Waals surface area contributed by atoms with Crippen molar-refractivity contribution in [2.75, 3.05) is 33.5 Å². The average molecular weight is 358 g/mol. The van der Waals surface area contributed by atoms with E-state index >= 15 is 0 Å². The van der Waals surface area contributed by atoms with Gasteiger partial charge in [0.2, 0.25) is 0 Å². The molecule has 2 atom stereocenters. The summed E-state index contributed by atoms with van der Waals surface area (Å²) < 4.78 is 20.6. The third-order valence-electron chi connectivity index (χ3n) is 2.28. The predicted molar refractivity (Wildman–Crippen MR) is 70.5 cm³/mol. The zero-order valence-electron chi connectivity index (χ0n) is 13.0. The van der Waals surface area contributed by atoms with Crippen molar-refractivity contribution >= 4 is 11.9 Å². The number of carboxylic acid groups (broad SMARTS) is 1. The van der Waals surface area contributed by atoms with E-state index in [4.69, 9.17) is 24.1 Å². The molecule has 0 fully saturated rings. The molecule has 0 rings (SSSR count). The monoisotopic (exact) mass is 356 g/mol. The van der Waals surface area contributed by atoms with Crippen LogP contribution in [0.5, 0.6) is 0 Å². The second-order valence-electron chi connectivity index (χ2n) is 4.41. The Morgan fingerprint density at radius 2 is 1.71 bits per heavy atom. The number of rotatable bonds is 12. The molecule has 0 aliphatic rings. The molecular formula is C13H24O7Zn.